The predicted molar refractivity (Wildman–Crippen MR) is 58.1 cm³/mol. The van der Waals surface area contributed by atoms with E-state index in [-0.39, 0.29) is 5.11 Å². The highest BCUT2D eigenvalue weighted by molar-refractivity contribution is 7.80. The number of rotatable bonds is 2. The number of nitrogens with one attached hydrogen (secondary N) is 1. The van der Waals surface area contributed by atoms with Gasteiger partial charge in [-0.2, -0.15) is 5.26 Å². The molecule has 1 aromatic rings. The fourth-order valence-corrected chi connectivity index (χ4v) is 1.12. The molecule has 0 heterocycles. The summed E-state index contributed by atoms with van der Waals surface area (Å²) < 4.78 is 5.01. The fraction of sp³-hybridized carbons (Fsp3) is 0.111. The Hall–Kier alpha value is -1.80. The third-order valence-corrected chi connectivity index (χ3v) is 1.69. The van der Waals surface area contributed by atoms with Gasteiger partial charge in [0.1, 0.15) is 11.8 Å². The van der Waals surface area contributed by atoms with Gasteiger partial charge in [0.05, 0.1) is 12.7 Å². The Morgan fingerprint density at radius 1 is 1.64 bits per heavy atom. The van der Waals surface area contributed by atoms with Crippen LogP contribution in [0.2, 0.25) is 0 Å². The number of nitrogens with two attached hydrogens (primary N) is 1. The standard InChI is InChI=1S/C9H9N3OS/c1-13-8-4-7(12-9(11)14)3-2-6(8)5-10/h2-4H,1H3,(H3,11,12,14). The van der Waals surface area contributed by atoms with Gasteiger partial charge in [-0.05, 0) is 24.4 Å². The summed E-state index contributed by atoms with van der Waals surface area (Å²) >= 11 is 4.68. The van der Waals surface area contributed by atoms with Crippen LogP contribution in [0.4, 0.5) is 5.69 Å². The molecule has 0 aliphatic carbocycles. The molecule has 4 nitrogen and oxygen atoms in total. The van der Waals surface area contributed by atoms with Crippen LogP contribution in [-0.2, 0) is 0 Å². The first-order valence-corrected chi connectivity index (χ1v) is 4.23. The highest BCUT2D eigenvalue weighted by Crippen LogP contribution is 2.21. The first-order chi connectivity index (χ1) is 6.67. The van der Waals surface area contributed by atoms with Crippen LogP contribution in [0.25, 0.3) is 0 Å². The largest absolute Gasteiger partial charge is 0.495 e. The number of anilines is 1. The SMILES string of the molecule is COc1cc(NC(N)=S)ccc1C#N. The van der Waals surface area contributed by atoms with Crippen molar-refractivity contribution in [2.45, 2.75) is 0 Å². The first kappa shape index (κ1) is 10.3. The summed E-state index contributed by atoms with van der Waals surface area (Å²) in [5.41, 5.74) is 6.48. The number of hydrogen-bond donors (Lipinski definition) is 2. The molecule has 0 aliphatic heterocycles. The summed E-state index contributed by atoms with van der Waals surface area (Å²) in [6, 6.07) is 7.02. The molecule has 3 N–H and O–H groups in total. The average molecular weight is 207 g/mol. The smallest absolute Gasteiger partial charge is 0.168 e. The van der Waals surface area contributed by atoms with Crippen LogP contribution < -0.4 is 15.8 Å². The highest BCUT2D eigenvalue weighted by Gasteiger charge is 2.03. The lowest BCUT2D eigenvalue weighted by Gasteiger charge is -2.07. The van der Waals surface area contributed by atoms with E-state index in [0.29, 0.717) is 17.0 Å². The van der Waals surface area contributed by atoms with Gasteiger partial charge in [-0.15, -0.1) is 0 Å². The molecule has 72 valence electrons. The molecule has 1 aromatic carbocycles. The van der Waals surface area contributed by atoms with E-state index < -0.39 is 0 Å². The second-order valence-corrected chi connectivity index (χ2v) is 2.96. The molecule has 0 unspecified atom stereocenters. The number of nitrogens with zero attached hydrogens (tertiary/aromatic N) is 1. The quantitative estimate of drug-likeness (QED) is 0.713. The van der Waals surface area contributed by atoms with Crippen LogP contribution in [0.5, 0.6) is 5.75 Å². The molecular formula is C9H9N3OS. The molecule has 0 radical (unpaired) electrons. The summed E-state index contributed by atoms with van der Waals surface area (Å²) in [6.07, 6.45) is 0. The number of methoxy groups -OCH3 is 1. The van der Waals surface area contributed by atoms with E-state index in [4.69, 9.17) is 15.7 Å². The van der Waals surface area contributed by atoms with Crippen molar-refractivity contribution in [1.82, 2.24) is 0 Å². The zero-order valence-corrected chi connectivity index (χ0v) is 8.39. The molecule has 0 saturated carbocycles. The molecule has 0 saturated heterocycles. The maximum absolute atomic E-state index is 8.72. The zero-order chi connectivity index (χ0) is 10.6. The maximum atomic E-state index is 8.72. The molecule has 0 aromatic heterocycles. The van der Waals surface area contributed by atoms with Gasteiger partial charge < -0.3 is 15.8 Å². The minimum atomic E-state index is 0.178. The minimum absolute atomic E-state index is 0.178. The topological polar surface area (TPSA) is 71.1 Å². The Kier molecular flexibility index (Phi) is 3.26. The van der Waals surface area contributed by atoms with Crippen LogP contribution in [-0.4, -0.2) is 12.2 Å². The summed E-state index contributed by atoms with van der Waals surface area (Å²) in [4.78, 5) is 0. The van der Waals surface area contributed by atoms with E-state index in [1.165, 1.54) is 7.11 Å². The molecule has 0 bridgehead atoms. The number of nitriles is 1. The monoisotopic (exact) mass is 207 g/mol. The van der Waals surface area contributed by atoms with Gasteiger partial charge in [0, 0.05) is 11.8 Å². The summed E-state index contributed by atoms with van der Waals surface area (Å²) in [7, 11) is 1.50. The molecule has 0 spiro atoms. The lowest BCUT2D eigenvalue weighted by atomic mass is 10.2. The summed E-state index contributed by atoms with van der Waals surface area (Å²) in [6.45, 7) is 0. The van der Waals surface area contributed by atoms with Gasteiger partial charge >= 0.3 is 0 Å². The Morgan fingerprint density at radius 2 is 2.36 bits per heavy atom. The number of ether oxygens (including phenoxy) is 1. The van der Waals surface area contributed by atoms with Gasteiger partial charge in [0.25, 0.3) is 0 Å². The lowest BCUT2D eigenvalue weighted by molar-refractivity contribution is 0.413. The van der Waals surface area contributed by atoms with Crippen LogP contribution in [0.1, 0.15) is 5.56 Å². The third kappa shape index (κ3) is 2.34. The van der Waals surface area contributed by atoms with Gasteiger partial charge in [-0.1, -0.05) is 0 Å². The predicted octanol–water partition coefficient (Wildman–Crippen LogP) is 1.22. The van der Waals surface area contributed by atoms with E-state index >= 15 is 0 Å². The van der Waals surface area contributed by atoms with Crippen molar-refractivity contribution >= 4 is 23.0 Å². The molecule has 0 aliphatic rings. The number of thiocarbonyl (C=S) groups is 1. The van der Waals surface area contributed by atoms with Crippen LogP contribution in [0.3, 0.4) is 0 Å². The zero-order valence-electron chi connectivity index (χ0n) is 7.57. The van der Waals surface area contributed by atoms with Gasteiger partial charge in [0.15, 0.2) is 5.11 Å². The fourth-order valence-electron chi connectivity index (χ4n) is 1.00. The Labute approximate surface area is 87.3 Å². The second-order valence-electron chi connectivity index (χ2n) is 2.52. The molecule has 0 amide bonds. The van der Waals surface area contributed by atoms with Crippen LogP contribution in [0, 0.1) is 11.3 Å². The van der Waals surface area contributed by atoms with Crippen LogP contribution >= 0.6 is 12.2 Å². The van der Waals surface area contributed by atoms with E-state index in [1.807, 2.05) is 6.07 Å². The second kappa shape index (κ2) is 4.44. The Bertz CT molecular complexity index is 398. The normalized spacial score (nSPS) is 8.86. The lowest BCUT2D eigenvalue weighted by Crippen LogP contribution is -2.18. The van der Waals surface area contributed by atoms with E-state index in [2.05, 4.69) is 17.5 Å². The van der Waals surface area contributed by atoms with Crippen molar-refractivity contribution in [2.24, 2.45) is 5.73 Å². The summed E-state index contributed by atoms with van der Waals surface area (Å²) in [5, 5.41) is 11.6. The average Bonchev–Trinajstić information content (AvgIpc) is 2.16. The minimum Gasteiger partial charge on any atom is -0.495 e. The van der Waals surface area contributed by atoms with E-state index in [0.717, 1.165) is 0 Å². The molecule has 0 atom stereocenters. The van der Waals surface area contributed by atoms with Crippen molar-refractivity contribution in [1.29, 1.82) is 5.26 Å². The van der Waals surface area contributed by atoms with Crippen molar-refractivity contribution < 1.29 is 4.74 Å². The Balaban J connectivity index is 3.03. The maximum Gasteiger partial charge on any atom is 0.168 e. The molecule has 14 heavy (non-hydrogen) atoms. The van der Waals surface area contributed by atoms with Gasteiger partial charge in [-0.3, -0.25) is 0 Å². The molecule has 5 heteroatoms. The van der Waals surface area contributed by atoms with Gasteiger partial charge in [0.2, 0.25) is 0 Å². The van der Waals surface area contributed by atoms with Crippen LogP contribution in [0.15, 0.2) is 18.2 Å². The van der Waals surface area contributed by atoms with Crippen molar-refractivity contribution in [2.75, 3.05) is 12.4 Å². The van der Waals surface area contributed by atoms with E-state index in [1.54, 1.807) is 18.2 Å². The Morgan fingerprint density at radius 3 is 2.86 bits per heavy atom. The van der Waals surface area contributed by atoms with Gasteiger partial charge in [-0.25, -0.2) is 0 Å². The van der Waals surface area contributed by atoms with Crippen molar-refractivity contribution in [3.63, 3.8) is 0 Å². The van der Waals surface area contributed by atoms with E-state index in [9.17, 15) is 0 Å². The first-order valence-electron chi connectivity index (χ1n) is 3.82. The molecular weight excluding hydrogens is 198 g/mol. The molecule has 0 fully saturated rings. The summed E-state index contributed by atoms with van der Waals surface area (Å²) in [5.74, 6) is 0.494. The van der Waals surface area contributed by atoms with Crippen molar-refractivity contribution in [3.05, 3.63) is 23.8 Å². The highest BCUT2D eigenvalue weighted by atomic mass is 32.1. The molecule has 1 rings (SSSR count). The van der Waals surface area contributed by atoms with Crippen molar-refractivity contribution in [3.8, 4) is 11.8 Å². The third-order valence-electron chi connectivity index (χ3n) is 1.59. The number of benzene rings is 1. The number of hydrogen-bond acceptors (Lipinski definition) is 3.